The molecule has 0 spiro atoms. The molecule has 0 N–H and O–H groups in total. The zero-order valence-corrected chi connectivity index (χ0v) is 14.5. The van der Waals surface area contributed by atoms with Crippen molar-refractivity contribution in [2.45, 2.75) is 18.3 Å². The number of halogens is 1. The normalized spacial score (nSPS) is 18.5. The third-order valence-electron chi connectivity index (χ3n) is 3.52. The van der Waals surface area contributed by atoms with Crippen LogP contribution in [0.25, 0.3) is 0 Å². The van der Waals surface area contributed by atoms with Crippen LogP contribution in [0.15, 0.2) is 36.4 Å². The van der Waals surface area contributed by atoms with Gasteiger partial charge in [0.05, 0.1) is 11.4 Å². The number of methoxy groups -OCH3 is 1. The lowest BCUT2D eigenvalue weighted by atomic mass is 10.2. The Bertz CT molecular complexity index is 674. The van der Waals surface area contributed by atoms with Gasteiger partial charge in [-0.05, 0) is 29.8 Å². The number of ether oxygens (including phenoxy) is 1. The van der Waals surface area contributed by atoms with Gasteiger partial charge in [0.25, 0.3) is 0 Å². The Labute approximate surface area is 143 Å². The van der Waals surface area contributed by atoms with E-state index in [2.05, 4.69) is 0 Å². The molecular formula is C16H16ClNO2S2. The van der Waals surface area contributed by atoms with E-state index < -0.39 is 0 Å². The zero-order valence-electron chi connectivity index (χ0n) is 12.1. The summed E-state index contributed by atoms with van der Waals surface area (Å²) < 4.78 is 6.02. The summed E-state index contributed by atoms with van der Waals surface area (Å²) >= 11 is 9.39. The van der Waals surface area contributed by atoms with E-state index in [1.54, 1.807) is 30.2 Å². The van der Waals surface area contributed by atoms with Crippen LogP contribution in [0, 0.1) is 0 Å². The molecule has 1 aromatic heterocycles. The van der Waals surface area contributed by atoms with Crippen molar-refractivity contribution >= 4 is 40.6 Å². The first kappa shape index (κ1) is 15.7. The van der Waals surface area contributed by atoms with E-state index in [0.717, 1.165) is 26.3 Å². The summed E-state index contributed by atoms with van der Waals surface area (Å²) in [4.78, 5) is 15.5. The van der Waals surface area contributed by atoms with Gasteiger partial charge in [-0.1, -0.05) is 23.7 Å². The molecule has 6 heteroatoms. The van der Waals surface area contributed by atoms with Crippen LogP contribution < -0.4 is 4.74 Å². The smallest absolute Gasteiger partial charge is 0.224 e. The third-order valence-corrected chi connectivity index (χ3v) is 6.22. The number of rotatable bonds is 4. The van der Waals surface area contributed by atoms with Gasteiger partial charge in [0.1, 0.15) is 11.1 Å². The molecule has 1 saturated heterocycles. The highest BCUT2D eigenvalue weighted by atomic mass is 35.5. The van der Waals surface area contributed by atoms with Crippen molar-refractivity contribution in [1.82, 2.24) is 4.90 Å². The molecule has 22 heavy (non-hydrogen) atoms. The molecule has 1 unspecified atom stereocenters. The second-order valence-corrected chi connectivity index (χ2v) is 7.92. The lowest BCUT2D eigenvalue weighted by Gasteiger charge is -2.34. The summed E-state index contributed by atoms with van der Waals surface area (Å²) in [5.41, 5.74) is 1.07. The average Bonchev–Trinajstić information content (AvgIpc) is 2.96. The molecule has 116 valence electrons. The van der Waals surface area contributed by atoms with Gasteiger partial charge in [-0.2, -0.15) is 0 Å². The van der Waals surface area contributed by atoms with E-state index in [-0.39, 0.29) is 11.3 Å². The summed E-state index contributed by atoms with van der Waals surface area (Å²) in [6, 6.07) is 11.8. The number of thiophene rings is 1. The summed E-state index contributed by atoms with van der Waals surface area (Å²) in [7, 11) is 1.65. The molecule has 1 aromatic carbocycles. The highest BCUT2D eigenvalue weighted by Gasteiger charge is 2.30. The molecule has 1 aliphatic rings. The minimum Gasteiger partial charge on any atom is -0.497 e. The van der Waals surface area contributed by atoms with E-state index in [0.29, 0.717) is 13.0 Å². The number of carbonyl (C=O) groups excluding carboxylic acids is 1. The number of hydrogen-bond acceptors (Lipinski definition) is 4. The SMILES string of the molecule is COc1cccc(CN2C(=O)CCSC2c2ccc(Cl)s2)c1. The molecule has 1 atom stereocenters. The van der Waals surface area contributed by atoms with Gasteiger partial charge in [-0.3, -0.25) is 4.79 Å². The predicted molar refractivity (Wildman–Crippen MR) is 92.7 cm³/mol. The molecule has 0 aliphatic carbocycles. The van der Waals surface area contributed by atoms with E-state index in [4.69, 9.17) is 16.3 Å². The molecule has 1 amide bonds. The van der Waals surface area contributed by atoms with Crippen LogP contribution in [0.4, 0.5) is 0 Å². The molecule has 1 aliphatic heterocycles. The summed E-state index contributed by atoms with van der Waals surface area (Å²) in [5.74, 6) is 1.86. The van der Waals surface area contributed by atoms with Crippen molar-refractivity contribution in [3.63, 3.8) is 0 Å². The maximum absolute atomic E-state index is 12.4. The van der Waals surface area contributed by atoms with Gasteiger partial charge in [-0.15, -0.1) is 23.1 Å². The van der Waals surface area contributed by atoms with Crippen molar-refractivity contribution in [2.24, 2.45) is 0 Å². The predicted octanol–water partition coefficient (Wildman–Crippen LogP) is 4.57. The maximum Gasteiger partial charge on any atom is 0.224 e. The fraction of sp³-hybridized carbons (Fsp3) is 0.312. The number of benzene rings is 1. The second kappa shape index (κ2) is 6.94. The van der Waals surface area contributed by atoms with E-state index in [9.17, 15) is 4.79 Å². The topological polar surface area (TPSA) is 29.5 Å². The van der Waals surface area contributed by atoms with Crippen molar-refractivity contribution in [3.8, 4) is 5.75 Å². The lowest BCUT2D eigenvalue weighted by Crippen LogP contribution is -2.36. The van der Waals surface area contributed by atoms with Crippen LogP contribution in [-0.2, 0) is 11.3 Å². The molecule has 0 bridgehead atoms. The zero-order chi connectivity index (χ0) is 15.5. The van der Waals surface area contributed by atoms with Crippen LogP contribution >= 0.6 is 34.7 Å². The second-order valence-electron chi connectivity index (χ2n) is 4.99. The van der Waals surface area contributed by atoms with Gasteiger partial charge in [0.2, 0.25) is 5.91 Å². The van der Waals surface area contributed by atoms with Gasteiger partial charge in [0, 0.05) is 23.6 Å². The summed E-state index contributed by atoms with van der Waals surface area (Å²) in [6.45, 7) is 0.587. The minimum atomic E-state index is 0.0463. The van der Waals surface area contributed by atoms with Gasteiger partial charge in [-0.25, -0.2) is 0 Å². The lowest BCUT2D eigenvalue weighted by molar-refractivity contribution is -0.132. The molecular weight excluding hydrogens is 338 g/mol. The fourth-order valence-corrected chi connectivity index (χ4v) is 4.99. The molecule has 0 radical (unpaired) electrons. The van der Waals surface area contributed by atoms with Crippen molar-refractivity contribution < 1.29 is 9.53 Å². The monoisotopic (exact) mass is 353 g/mol. The molecule has 3 nitrogen and oxygen atoms in total. The minimum absolute atomic E-state index is 0.0463. The first-order valence-corrected chi connectivity index (χ1v) is 9.21. The molecule has 0 saturated carbocycles. The average molecular weight is 354 g/mol. The molecule has 2 aromatic rings. The first-order chi connectivity index (χ1) is 10.7. The van der Waals surface area contributed by atoms with Crippen LogP contribution in [0.3, 0.4) is 0 Å². The van der Waals surface area contributed by atoms with Crippen LogP contribution in [-0.4, -0.2) is 23.7 Å². The van der Waals surface area contributed by atoms with Crippen molar-refractivity contribution in [1.29, 1.82) is 0 Å². The summed E-state index contributed by atoms with van der Waals surface area (Å²) in [6.07, 6.45) is 0.588. The number of hydrogen-bond donors (Lipinski definition) is 0. The molecule has 1 fully saturated rings. The Morgan fingerprint density at radius 1 is 1.36 bits per heavy atom. The maximum atomic E-state index is 12.4. The number of thioether (sulfide) groups is 1. The Balaban J connectivity index is 1.85. The molecule has 2 heterocycles. The van der Waals surface area contributed by atoms with Crippen LogP contribution in [0.5, 0.6) is 5.75 Å². The third kappa shape index (κ3) is 3.42. The first-order valence-electron chi connectivity index (χ1n) is 6.96. The largest absolute Gasteiger partial charge is 0.497 e. The Morgan fingerprint density at radius 2 is 2.23 bits per heavy atom. The van der Waals surface area contributed by atoms with Gasteiger partial charge >= 0.3 is 0 Å². The molecule has 3 rings (SSSR count). The van der Waals surface area contributed by atoms with Crippen molar-refractivity contribution in [2.75, 3.05) is 12.9 Å². The van der Waals surface area contributed by atoms with Crippen molar-refractivity contribution in [3.05, 3.63) is 51.2 Å². The highest BCUT2D eigenvalue weighted by Crippen LogP contribution is 2.42. The Morgan fingerprint density at radius 3 is 2.95 bits per heavy atom. The number of amides is 1. The van der Waals surface area contributed by atoms with E-state index >= 15 is 0 Å². The Hall–Kier alpha value is -1.17. The van der Waals surface area contributed by atoms with E-state index in [1.807, 2.05) is 41.3 Å². The van der Waals surface area contributed by atoms with E-state index in [1.165, 1.54) is 0 Å². The standard InChI is InChI=1S/C16H16ClNO2S2/c1-20-12-4-2-3-11(9-12)10-18-15(19)7-8-21-16(18)13-5-6-14(17)22-13/h2-6,9,16H,7-8,10H2,1H3. The quantitative estimate of drug-likeness (QED) is 0.806. The number of carbonyl (C=O) groups is 1. The van der Waals surface area contributed by atoms with Crippen LogP contribution in [0.2, 0.25) is 4.34 Å². The highest BCUT2D eigenvalue weighted by molar-refractivity contribution is 7.99. The van der Waals surface area contributed by atoms with Gasteiger partial charge < -0.3 is 9.64 Å². The number of nitrogens with zero attached hydrogens (tertiary/aromatic N) is 1. The summed E-state index contributed by atoms with van der Waals surface area (Å²) in [5, 5.41) is 0.0463. The fourth-order valence-electron chi connectivity index (χ4n) is 2.46. The Kier molecular flexibility index (Phi) is 4.96. The van der Waals surface area contributed by atoms with Crippen LogP contribution in [0.1, 0.15) is 22.2 Å². The van der Waals surface area contributed by atoms with Gasteiger partial charge in [0.15, 0.2) is 0 Å².